The van der Waals surface area contributed by atoms with E-state index < -0.39 is 6.10 Å². The third-order valence-electron chi connectivity index (χ3n) is 3.12. The molecule has 0 fully saturated rings. The molecule has 2 rings (SSSR count). The lowest BCUT2D eigenvalue weighted by Gasteiger charge is -2.14. The van der Waals surface area contributed by atoms with Gasteiger partial charge in [0.15, 0.2) is 11.5 Å². The molecule has 120 valence electrons. The number of methoxy groups -OCH3 is 1. The number of benzene rings is 1. The number of aliphatic hydroxyl groups is 1. The quantitative estimate of drug-likeness (QED) is 0.747. The van der Waals surface area contributed by atoms with Gasteiger partial charge < -0.3 is 24.3 Å². The summed E-state index contributed by atoms with van der Waals surface area (Å²) in [7, 11) is 1.61. The number of nitrogens with one attached hydrogen (secondary N) is 1. The Balaban J connectivity index is 1.96. The van der Waals surface area contributed by atoms with E-state index in [1.165, 1.54) is 0 Å². The van der Waals surface area contributed by atoms with Crippen LogP contribution in [0.2, 0.25) is 0 Å². The zero-order chi connectivity index (χ0) is 15.9. The van der Waals surface area contributed by atoms with E-state index in [0.29, 0.717) is 37.0 Å². The summed E-state index contributed by atoms with van der Waals surface area (Å²) in [5.74, 6) is 1.93. The molecule has 0 aliphatic heterocycles. The molecule has 5 nitrogen and oxygen atoms in total. The van der Waals surface area contributed by atoms with Crippen molar-refractivity contribution in [1.29, 1.82) is 0 Å². The smallest absolute Gasteiger partial charge is 0.175 e. The molecule has 1 aromatic carbocycles. The van der Waals surface area contributed by atoms with Crippen LogP contribution >= 0.6 is 15.9 Å². The number of hydrogen-bond donors (Lipinski definition) is 2. The Hall–Kier alpha value is -1.50. The van der Waals surface area contributed by atoms with Crippen LogP contribution in [0.4, 0.5) is 0 Å². The molecular formula is C16H20BrNO4. The molecule has 0 amide bonds. The molecule has 0 aliphatic carbocycles. The van der Waals surface area contributed by atoms with Crippen molar-refractivity contribution < 1.29 is 19.0 Å². The van der Waals surface area contributed by atoms with E-state index in [1.54, 1.807) is 25.5 Å². The average molecular weight is 370 g/mol. The number of hydrogen-bond acceptors (Lipinski definition) is 5. The first-order chi connectivity index (χ1) is 10.7. The molecule has 2 N–H and O–H groups in total. The summed E-state index contributed by atoms with van der Waals surface area (Å²) < 4.78 is 16.9. The highest BCUT2D eigenvalue weighted by molar-refractivity contribution is 9.10. The zero-order valence-electron chi connectivity index (χ0n) is 12.6. The topological polar surface area (TPSA) is 63.9 Å². The Kier molecular flexibility index (Phi) is 6.30. The van der Waals surface area contributed by atoms with Crippen molar-refractivity contribution in [1.82, 2.24) is 5.32 Å². The van der Waals surface area contributed by atoms with E-state index in [-0.39, 0.29) is 0 Å². The van der Waals surface area contributed by atoms with Gasteiger partial charge in [-0.1, -0.05) is 0 Å². The lowest BCUT2D eigenvalue weighted by molar-refractivity contribution is 0.147. The Labute approximate surface area is 138 Å². The first kappa shape index (κ1) is 16.9. The molecule has 2 aromatic rings. The molecule has 0 spiro atoms. The Morgan fingerprint density at radius 3 is 2.86 bits per heavy atom. The summed E-state index contributed by atoms with van der Waals surface area (Å²) in [4.78, 5) is 0. The maximum atomic E-state index is 9.95. The van der Waals surface area contributed by atoms with Gasteiger partial charge in [-0.25, -0.2) is 0 Å². The predicted molar refractivity (Wildman–Crippen MR) is 87.2 cm³/mol. The highest BCUT2D eigenvalue weighted by atomic mass is 79.9. The van der Waals surface area contributed by atoms with Crippen LogP contribution in [-0.2, 0) is 6.54 Å². The fraction of sp³-hybridized carbons (Fsp3) is 0.375. The lowest BCUT2D eigenvalue weighted by Crippen LogP contribution is -2.20. The van der Waals surface area contributed by atoms with Gasteiger partial charge in [0.05, 0.1) is 24.5 Å². The molecule has 6 heteroatoms. The van der Waals surface area contributed by atoms with Crippen molar-refractivity contribution >= 4 is 15.9 Å². The van der Waals surface area contributed by atoms with Crippen LogP contribution in [0.1, 0.15) is 24.4 Å². The molecule has 0 bridgehead atoms. The number of aliphatic hydroxyl groups excluding tert-OH is 1. The van der Waals surface area contributed by atoms with E-state index in [1.807, 2.05) is 19.1 Å². The molecular weight excluding hydrogens is 350 g/mol. The molecule has 0 saturated heterocycles. The van der Waals surface area contributed by atoms with Crippen LogP contribution in [-0.4, -0.2) is 25.4 Å². The normalized spacial score (nSPS) is 12.2. The van der Waals surface area contributed by atoms with Crippen molar-refractivity contribution in [3.63, 3.8) is 0 Å². The van der Waals surface area contributed by atoms with Gasteiger partial charge in [-0.15, -0.1) is 0 Å². The summed E-state index contributed by atoms with van der Waals surface area (Å²) in [6.07, 6.45) is 0.885. The second kappa shape index (κ2) is 8.22. The summed E-state index contributed by atoms with van der Waals surface area (Å²) in [5, 5.41) is 13.1. The van der Waals surface area contributed by atoms with Crippen molar-refractivity contribution in [3.05, 3.63) is 46.3 Å². The van der Waals surface area contributed by atoms with Gasteiger partial charge in [-0.2, -0.15) is 0 Å². The van der Waals surface area contributed by atoms with Crippen LogP contribution in [0.25, 0.3) is 0 Å². The van der Waals surface area contributed by atoms with Crippen molar-refractivity contribution in [2.24, 2.45) is 0 Å². The minimum atomic E-state index is -0.664. The third kappa shape index (κ3) is 4.25. The number of ether oxygens (including phenoxy) is 2. The maximum Gasteiger partial charge on any atom is 0.175 e. The van der Waals surface area contributed by atoms with Gasteiger partial charge in [-0.3, -0.25) is 0 Å². The van der Waals surface area contributed by atoms with Crippen LogP contribution in [0.15, 0.2) is 39.4 Å². The van der Waals surface area contributed by atoms with Crippen LogP contribution in [0.5, 0.6) is 11.5 Å². The van der Waals surface area contributed by atoms with Gasteiger partial charge in [0.1, 0.15) is 11.9 Å². The summed E-state index contributed by atoms with van der Waals surface area (Å²) >= 11 is 3.49. The van der Waals surface area contributed by atoms with Gasteiger partial charge in [0.25, 0.3) is 0 Å². The Bertz CT molecular complexity index is 586. The second-order valence-electron chi connectivity index (χ2n) is 4.70. The van der Waals surface area contributed by atoms with E-state index in [4.69, 9.17) is 13.9 Å². The van der Waals surface area contributed by atoms with Gasteiger partial charge >= 0.3 is 0 Å². The van der Waals surface area contributed by atoms with Gasteiger partial charge in [0, 0.05) is 13.1 Å². The van der Waals surface area contributed by atoms with Crippen LogP contribution < -0.4 is 14.8 Å². The highest BCUT2D eigenvalue weighted by Gasteiger charge is 2.13. The molecule has 0 saturated carbocycles. The van der Waals surface area contributed by atoms with Crippen molar-refractivity contribution in [2.75, 3.05) is 20.3 Å². The number of halogens is 1. The first-order valence-corrected chi connectivity index (χ1v) is 7.86. The highest BCUT2D eigenvalue weighted by Crippen LogP contribution is 2.36. The van der Waals surface area contributed by atoms with E-state index >= 15 is 0 Å². The minimum Gasteiger partial charge on any atom is -0.493 e. The van der Waals surface area contributed by atoms with E-state index in [9.17, 15) is 5.11 Å². The average Bonchev–Trinajstić information content (AvgIpc) is 3.04. The summed E-state index contributed by atoms with van der Waals surface area (Å²) in [6, 6.07) is 7.40. The summed E-state index contributed by atoms with van der Waals surface area (Å²) in [5.41, 5.74) is 1.03. The maximum absolute atomic E-state index is 9.95. The standard InChI is InChI=1S/C16H20BrNO4/c1-3-21-16-12(17)7-11(8-15(16)20-2)9-18-10-13(19)14-5-4-6-22-14/h4-8,13,18-19H,3,9-10H2,1-2H3. The Morgan fingerprint density at radius 1 is 1.41 bits per heavy atom. The SMILES string of the molecule is CCOc1c(Br)cc(CNCC(O)c2ccco2)cc1OC. The molecule has 0 aliphatic rings. The monoisotopic (exact) mass is 369 g/mol. The predicted octanol–water partition coefficient (Wildman–Crippen LogP) is 3.27. The van der Waals surface area contributed by atoms with E-state index in [0.717, 1.165) is 10.0 Å². The van der Waals surface area contributed by atoms with Crippen LogP contribution in [0.3, 0.4) is 0 Å². The van der Waals surface area contributed by atoms with Crippen molar-refractivity contribution in [3.8, 4) is 11.5 Å². The zero-order valence-corrected chi connectivity index (χ0v) is 14.2. The second-order valence-corrected chi connectivity index (χ2v) is 5.56. The van der Waals surface area contributed by atoms with Gasteiger partial charge in [0.2, 0.25) is 0 Å². The molecule has 22 heavy (non-hydrogen) atoms. The number of furan rings is 1. The molecule has 1 unspecified atom stereocenters. The fourth-order valence-electron chi connectivity index (χ4n) is 2.09. The fourth-order valence-corrected chi connectivity index (χ4v) is 2.70. The molecule has 1 aromatic heterocycles. The van der Waals surface area contributed by atoms with Gasteiger partial charge in [-0.05, 0) is 52.7 Å². The molecule has 0 radical (unpaired) electrons. The first-order valence-electron chi connectivity index (χ1n) is 7.07. The van der Waals surface area contributed by atoms with Crippen LogP contribution in [0, 0.1) is 0 Å². The van der Waals surface area contributed by atoms with Crippen molar-refractivity contribution in [2.45, 2.75) is 19.6 Å². The number of rotatable bonds is 8. The Morgan fingerprint density at radius 2 is 2.23 bits per heavy atom. The molecule has 1 atom stereocenters. The lowest BCUT2D eigenvalue weighted by atomic mass is 10.2. The largest absolute Gasteiger partial charge is 0.493 e. The third-order valence-corrected chi connectivity index (χ3v) is 3.71. The molecule has 1 heterocycles. The van der Waals surface area contributed by atoms with E-state index in [2.05, 4.69) is 21.2 Å². The summed E-state index contributed by atoms with van der Waals surface area (Å²) in [6.45, 7) is 3.50. The minimum absolute atomic E-state index is 0.403.